The Kier molecular flexibility index (Phi) is 6.53. The molecule has 0 bridgehead atoms. The Morgan fingerprint density at radius 1 is 1.00 bits per heavy atom. The Morgan fingerprint density at radius 2 is 1.71 bits per heavy atom. The first-order valence-corrected chi connectivity index (χ1v) is 9.54. The molecule has 5 nitrogen and oxygen atoms in total. The van der Waals surface area contributed by atoms with Crippen molar-refractivity contribution in [2.45, 2.75) is 39.0 Å². The van der Waals surface area contributed by atoms with Crippen LogP contribution in [-0.2, 0) is 4.79 Å². The van der Waals surface area contributed by atoms with Crippen molar-refractivity contribution in [3.05, 3.63) is 65.5 Å². The van der Waals surface area contributed by atoms with Crippen LogP contribution in [0.3, 0.4) is 0 Å². The van der Waals surface area contributed by atoms with E-state index in [9.17, 15) is 14.0 Å². The summed E-state index contributed by atoms with van der Waals surface area (Å²) in [5.74, 6) is -0.664. The molecule has 0 radical (unpaired) electrons. The maximum Gasteiger partial charge on any atom is 0.271 e. The molecular formula is C22H24FN3O2. The Balaban J connectivity index is 1.63. The molecule has 146 valence electrons. The zero-order chi connectivity index (χ0) is 19.9. The molecule has 0 aliphatic heterocycles. The Labute approximate surface area is 164 Å². The maximum absolute atomic E-state index is 12.9. The second-order valence-corrected chi connectivity index (χ2v) is 7.05. The normalized spacial score (nSPS) is 15.1. The summed E-state index contributed by atoms with van der Waals surface area (Å²) in [6, 6.07) is 12.6. The average molecular weight is 381 g/mol. The minimum atomic E-state index is -0.416. The van der Waals surface area contributed by atoms with Gasteiger partial charge in [-0.1, -0.05) is 31.4 Å². The van der Waals surface area contributed by atoms with E-state index >= 15 is 0 Å². The third-order valence-electron chi connectivity index (χ3n) is 4.96. The van der Waals surface area contributed by atoms with Crippen LogP contribution in [0, 0.1) is 11.7 Å². The lowest BCUT2D eigenvalue weighted by atomic mass is 9.88. The quantitative estimate of drug-likeness (QED) is 0.591. The molecule has 0 aromatic heterocycles. The van der Waals surface area contributed by atoms with E-state index in [1.807, 2.05) is 24.3 Å². The second kappa shape index (κ2) is 9.26. The maximum atomic E-state index is 12.9. The molecule has 1 aliphatic rings. The standard InChI is InChI=1S/C22H24FN3O2/c1-15(25-26-22(28)17-10-12-19(23)13-11-17)18-8-5-9-20(14-18)24-21(27)16-6-3-2-4-7-16/h5,8-14,16H,2-4,6-7H2,1H3,(H,24,27)(H,26,28)/b25-15+. The summed E-state index contributed by atoms with van der Waals surface area (Å²) in [5, 5.41) is 7.10. The van der Waals surface area contributed by atoms with Crippen LogP contribution in [0.25, 0.3) is 0 Å². The number of halogens is 1. The molecule has 2 amide bonds. The molecule has 1 saturated carbocycles. The highest BCUT2D eigenvalue weighted by Gasteiger charge is 2.21. The number of hydrogen-bond acceptors (Lipinski definition) is 3. The summed E-state index contributed by atoms with van der Waals surface area (Å²) in [6.07, 6.45) is 5.32. The van der Waals surface area contributed by atoms with Gasteiger partial charge in [0.2, 0.25) is 5.91 Å². The van der Waals surface area contributed by atoms with E-state index in [2.05, 4.69) is 15.8 Å². The molecule has 1 fully saturated rings. The van der Waals surface area contributed by atoms with Crippen molar-refractivity contribution in [2.75, 3.05) is 5.32 Å². The topological polar surface area (TPSA) is 70.6 Å². The number of nitrogens with one attached hydrogen (secondary N) is 2. The Bertz CT molecular complexity index is 872. The van der Waals surface area contributed by atoms with Gasteiger partial charge in [-0.25, -0.2) is 9.82 Å². The summed E-state index contributed by atoms with van der Waals surface area (Å²) >= 11 is 0. The highest BCUT2D eigenvalue weighted by Crippen LogP contribution is 2.25. The van der Waals surface area contributed by atoms with Crippen molar-refractivity contribution < 1.29 is 14.0 Å². The number of carbonyl (C=O) groups is 2. The van der Waals surface area contributed by atoms with E-state index in [0.29, 0.717) is 17.0 Å². The zero-order valence-electron chi connectivity index (χ0n) is 15.9. The molecule has 2 N–H and O–H groups in total. The van der Waals surface area contributed by atoms with Crippen molar-refractivity contribution in [1.29, 1.82) is 0 Å². The van der Waals surface area contributed by atoms with Crippen LogP contribution in [0.4, 0.5) is 10.1 Å². The van der Waals surface area contributed by atoms with E-state index in [-0.39, 0.29) is 11.8 Å². The number of benzene rings is 2. The van der Waals surface area contributed by atoms with Crippen LogP contribution < -0.4 is 10.7 Å². The van der Waals surface area contributed by atoms with Crippen molar-refractivity contribution in [2.24, 2.45) is 11.0 Å². The Hall–Kier alpha value is -3.02. The lowest BCUT2D eigenvalue weighted by Crippen LogP contribution is -2.24. The summed E-state index contributed by atoms with van der Waals surface area (Å²) in [5.41, 5.74) is 4.90. The summed E-state index contributed by atoms with van der Waals surface area (Å²) in [7, 11) is 0. The fraction of sp³-hybridized carbons (Fsp3) is 0.318. The van der Waals surface area contributed by atoms with Gasteiger partial charge in [0.25, 0.3) is 5.91 Å². The largest absolute Gasteiger partial charge is 0.326 e. The molecule has 0 atom stereocenters. The van der Waals surface area contributed by atoms with E-state index in [0.717, 1.165) is 31.2 Å². The third-order valence-corrected chi connectivity index (χ3v) is 4.96. The predicted molar refractivity (Wildman–Crippen MR) is 108 cm³/mol. The monoisotopic (exact) mass is 381 g/mol. The molecule has 2 aromatic rings. The first-order chi connectivity index (χ1) is 13.5. The van der Waals surface area contributed by atoms with E-state index in [1.54, 1.807) is 6.92 Å². The number of hydrogen-bond donors (Lipinski definition) is 2. The first-order valence-electron chi connectivity index (χ1n) is 9.54. The van der Waals surface area contributed by atoms with Gasteiger partial charge in [0, 0.05) is 17.2 Å². The second-order valence-electron chi connectivity index (χ2n) is 7.05. The van der Waals surface area contributed by atoms with Gasteiger partial charge in [-0.3, -0.25) is 9.59 Å². The van der Waals surface area contributed by atoms with Gasteiger partial charge in [0.1, 0.15) is 5.82 Å². The van der Waals surface area contributed by atoms with Crippen LogP contribution in [-0.4, -0.2) is 17.5 Å². The molecule has 1 aliphatic carbocycles. The highest BCUT2D eigenvalue weighted by molar-refractivity contribution is 6.02. The minimum absolute atomic E-state index is 0.0658. The van der Waals surface area contributed by atoms with Crippen molar-refractivity contribution >= 4 is 23.2 Å². The van der Waals surface area contributed by atoms with Gasteiger partial charge < -0.3 is 5.32 Å². The van der Waals surface area contributed by atoms with Gasteiger partial charge in [-0.2, -0.15) is 5.10 Å². The fourth-order valence-corrected chi connectivity index (χ4v) is 3.30. The smallest absolute Gasteiger partial charge is 0.271 e. The van der Waals surface area contributed by atoms with E-state index < -0.39 is 11.7 Å². The van der Waals surface area contributed by atoms with Crippen molar-refractivity contribution in [3.63, 3.8) is 0 Å². The van der Waals surface area contributed by atoms with E-state index in [1.165, 1.54) is 30.7 Å². The van der Waals surface area contributed by atoms with Gasteiger partial charge in [-0.05, 0) is 61.7 Å². The van der Waals surface area contributed by atoms with Crippen molar-refractivity contribution in [1.82, 2.24) is 5.43 Å². The van der Waals surface area contributed by atoms with Crippen LogP contribution in [0.5, 0.6) is 0 Å². The highest BCUT2D eigenvalue weighted by atomic mass is 19.1. The average Bonchev–Trinajstić information content (AvgIpc) is 2.73. The van der Waals surface area contributed by atoms with Crippen molar-refractivity contribution in [3.8, 4) is 0 Å². The predicted octanol–water partition coefficient (Wildman–Crippen LogP) is 4.50. The van der Waals surface area contributed by atoms with Crippen LogP contribution in [0.1, 0.15) is 54.9 Å². The molecular weight excluding hydrogens is 357 g/mol. The number of hydrazone groups is 1. The van der Waals surface area contributed by atoms with Gasteiger partial charge >= 0.3 is 0 Å². The Morgan fingerprint density at radius 3 is 2.43 bits per heavy atom. The molecule has 6 heteroatoms. The molecule has 3 rings (SSSR count). The van der Waals surface area contributed by atoms with Gasteiger partial charge in [0.05, 0.1) is 5.71 Å². The SMILES string of the molecule is C/C(=N\NC(=O)c1ccc(F)cc1)c1cccc(NC(=O)C2CCCCC2)c1. The van der Waals surface area contributed by atoms with Crippen LogP contribution in [0.2, 0.25) is 0 Å². The minimum Gasteiger partial charge on any atom is -0.326 e. The van der Waals surface area contributed by atoms with Gasteiger partial charge in [0.15, 0.2) is 0 Å². The zero-order valence-corrected chi connectivity index (χ0v) is 15.9. The first kappa shape index (κ1) is 19.7. The fourth-order valence-electron chi connectivity index (χ4n) is 3.30. The molecule has 28 heavy (non-hydrogen) atoms. The number of rotatable bonds is 5. The number of amides is 2. The summed E-state index contributed by atoms with van der Waals surface area (Å²) in [6.45, 7) is 1.77. The lowest BCUT2D eigenvalue weighted by molar-refractivity contribution is -0.120. The molecule has 0 heterocycles. The molecule has 0 spiro atoms. The number of nitrogens with zero attached hydrogens (tertiary/aromatic N) is 1. The number of anilines is 1. The third kappa shape index (κ3) is 5.25. The lowest BCUT2D eigenvalue weighted by Gasteiger charge is -2.20. The molecule has 2 aromatic carbocycles. The van der Waals surface area contributed by atoms with Crippen LogP contribution >= 0.6 is 0 Å². The summed E-state index contributed by atoms with van der Waals surface area (Å²) in [4.78, 5) is 24.5. The molecule has 0 unspecified atom stereocenters. The summed E-state index contributed by atoms with van der Waals surface area (Å²) < 4.78 is 12.9. The number of carbonyl (C=O) groups excluding carboxylic acids is 2. The van der Waals surface area contributed by atoms with Crippen LogP contribution in [0.15, 0.2) is 53.6 Å². The van der Waals surface area contributed by atoms with Gasteiger partial charge in [-0.15, -0.1) is 0 Å². The van der Waals surface area contributed by atoms with E-state index in [4.69, 9.17) is 0 Å². The molecule has 0 saturated heterocycles.